The highest BCUT2D eigenvalue weighted by atomic mass is 32.2. The van der Waals surface area contributed by atoms with E-state index in [1.807, 2.05) is 27.0 Å². The molecular weight excluding hydrogens is 262 g/mol. The quantitative estimate of drug-likeness (QED) is 0.922. The molecule has 5 nitrogen and oxygen atoms in total. The largest absolute Gasteiger partial charge is 0.337 e. The summed E-state index contributed by atoms with van der Waals surface area (Å²) in [6.45, 7) is 4.03. The van der Waals surface area contributed by atoms with Crippen molar-refractivity contribution < 1.29 is 8.42 Å². The van der Waals surface area contributed by atoms with E-state index in [1.54, 1.807) is 29.1 Å². The lowest BCUT2D eigenvalue weighted by Crippen LogP contribution is -2.24. The Labute approximate surface area is 113 Å². The van der Waals surface area contributed by atoms with Crippen molar-refractivity contribution in [3.63, 3.8) is 0 Å². The number of aryl methyl sites for hydroxylation is 3. The van der Waals surface area contributed by atoms with Crippen molar-refractivity contribution in [1.82, 2.24) is 14.3 Å². The van der Waals surface area contributed by atoms with Gasteiger partial charge in [0.05, 0.1) is 11.4 Å². The van der Waals surface area contributed by atoms with E-state index in [-0.39, 0.29) is 11.4 Å². The monoisotopic (exact) mass is 279 g/mol. The second-order valence-electron chi connectivity index (χ2n) is 4.52. The first kappa shape index (κ1) is 13.8. The third kappa shape index (κ3) is 3.02. The molecule has 0 aliphatic rings. The van der Waals surface area contributed by atoms with E-state index in [2.05, 4.69) is 9.71 Å². The van der Waals surface area contributed by atoms with Crippen LogP contribution < -0.4 is 4.72 Å². The first-order chi connectivity index (χ1) is 8.90. The van der Waals surface area contributed by atoms with Crippen molar-refractivity contribution >= 4 is 10.0 Å². The van der Waals surface area contributed by atoms with Crippen LogP contribution in [0.5, 0.6) is 0 Å². The molecule has 0 amide bonds. The fourth-order valence-corrected chi connectivity index (χ4v) is 2.76. The Kier molecular flexibility index (Phi) is 3.73. The summed E-state index contributed by atoms with van der Waals surface area (Å²) < 4.78 is 28.6. The van der Waals surface area contributed by atoms with E-state index in [9.17, 15) is 8.42 Å². The number of sulfonamides is 1. The molecule has 102 valence electrons. The molecule has 0 aliphatic carbocycles. The predicted molar refractivity (Wildman–Crippen MR) is 73.1 cm³/mol. The van der Waals surface area contributed by atoms with Crippen LogP contribution in [0, 0.1) is 13.8 Å². The van der Waals surface area contributed by atoms with Crippen molar-refractivity contribution in [1.29, 1.82) is 0 Å². The lowest BCUT2D eigenvalue weighted by molar-refractivity contribution is 0.577. The predicted octanol–water partition coefficient (Wildman–Crippen LogP) is 1.52. The molecule has 0 unspecified atom stereocenters. The molecular formula is C13H17N3O2S. The van der Waals surface area contributed by atoms with Crippen LogP contribution in [0.2, 0.25) is 0 Å². The van der Waals surface area contributed by atoms with Crippen LogP contribution in [0.3, 0.4) is 0 Å². The van der Waals surface area contributed by atoms with E-state index in [0.717, 1.165) is 11.1 Å². The summed E-state index contributed by atoms with van der Waals surface area (Å²) in [5, 5.41) is 0. The van der Waals surface area contributed by atoms with Gasteiger partial charge in [0.25, 0.3) is 0 Å². The molecule has 1 heterocycles. The molecule has 1 N–H and O–H groups in total. The summed E-state index contributed by atoms with van der Waals surface area (Å²) in [7, 11) is -1.67. The number of imidazole rings is 1. The van der Waals surface area contributed by atoms with Gasteiger partial charge in [0.2, 0.25) is 10.0 Å². The van der Waals surface area contributed by atoms with Gasteiger partial charge in [-0.05, 0) is 37.1 Å². The Balaban J connectivity index is 2.18. The number of nitrogens with zero attached hydrogens (tertiary/aromatic N) is 2. The first-order valence-corrected chi connectivity index (χ1v) is 7.41. The second kappa shape index (κ2) is 5.14. The fraction of sp³-hybridized carbons (Fsp3) is 0.308. The van der Waals surface area contributed by atoms with Gasteiger partial charge in [-0.3, -0.25) is 0 Å². The van der Waals surface area contributed by atoms with Gasteiger partial charge < -0.3 is 4.57 Å². The molecule has 0 spiro atoms. The molecule has 0 bridgehead atoms. The van der Waals surface area contributed by atoms with Gasteiger partial charge in [0.1, 0.15) is 5.82 Å². The molecule has 0 radical (unpaired) electrons. The average Bonchev–Trinajstić information content (AvgIpc) is 2.76. The second-order valence-corrected chi connectivity index (χ2v) is 6.29. The van der Waals surface area contributed by atoms with Gasteiger partial charge in [-0.1, -0.05) is 6.07 Å². The molecule has 0 saturated heterocycles. The summed E-state index contributed by atoms with van der Waals surface area (Å²) in [6, 6.07) is 5.10. The Bertz CT molecular complexity index is 690. The molecule has 0 atom stereocenters. The summed E-state index contributed by atoms with van der Waals surface area (Å²) >= 11 is 0. The zero-order valence-corrected chi connectivity index (χ0v) is 12.0. The summed E-state index contributed by atoms with van der Waals surface area (Å²) in [4.78, 5) is 4.36. The minimum atomic E-state index is -3.50. The summed E-state index contributed by atoms with van der Waals surface area (Å²) in [5.41, 5.74) is 2.03. The lowest BCUT2D eigenvalue weighted by atomic mass is 10.1. The molecule has 0 aliphatic heterocycles. The maximum Gasteiger partial charge on any atom is 0.240 e. The highest BCUT2D eigenvalue weighted by Crippen LogP contribution is 2.14. The van der Waals surface area contributed by atoms with Crippen LogP contribution in [-0.4, -0.2) is 18.0 Å². The molecule has 1 aromatic heterocycles. The Hall–Kier alpha value is -1.66. The first-order valence-electron chi connectivity index (χ1n) is 5.93. The number of hydrogen-bond acceptors (Lipinski definition) is 3. The van der Waals surface area contributed by atoms with Crippen LogP contribution in [-0.2, 0) is 23.6 Å². The number of benzene rings is 1. The Morgan fingerprint density at radius 1 is 1.26 bits per heavy atom. The normalized spacial score (nSPS) is 11.7. The highest BCUT2D eigenvalue weighted by Gasteiger charge is 2.15. The molecule has 6 heteroatoms. The van der Waals surface area contributed by atoms with Crippen molar-refractivity contribution in [2.75, 3.05) is 0 Å². The van der Waals surface area contributed by atoms with Crippen LogP contribution in [0.15, 0.2) is 35.5 Å². The molecule has 19 heavy (non-hydrogen) atoms. The van der Waals surface area contributed by atoms with Gasteiger partial charge in [0, 0.05) is 19.4 Å². The van der Waals surface area contributed by atoms with E-state index >= 15 is 0 Å². The maximum atomic E-state index is 12.2. The molecule has 2 rings (SSSR count). The van der Waals surface area contributed by atoms with E-state index < -0.39 is 10.0 Å². The molecule has 1 aromatic carbocycles. The minimum absolute atomic E-state index is 0.179. The van der Waals surface area contributed by atoms with Crippen molar-refractivity contribution in [3.8, 4) is 0 Å². The van der Waals surface area contributed by atoms with Gasteiger partial charge >= 0.3 is 0 Å². The molecule has 0 fully saturated rings. The summed E-state index contributed by atoms with van der Waals surface area (Å²) in [5.74, 6) is 0.674. The number of hydrogen-bond donors (Lipinski definition) is 1. The fourth-order valence-electron chi connectivity index (χ4n) is 1.69. The van der Waals surface area contributed by atoms with Crippen molar-refractivity contribution in [3.05, 3.63) is 47.5 Å². The molecule has 0 saturated carbocycles. The van der Waals surface area contributed by atoms with Crippen LogP contribution in [0.1, 0.15) is 17.0 Å². The Morgan fingerprint density at radius 3 is 2.58 bits per heavy atom. The third-order valence-electron chi connectivity index (χ3n) is 3.13. The van der Waals surface area contributed by atoms with Crippen LogP contribution in [0.4, 0.5) is 0 Å². The number of aromatic nitrogens is 2. The smallest absolute Gasteiger partial charge is 0.240 e. The average molecular weight is 279 g/mol. The maximum absolute atomic E-state index is 12.2. The van der Waals surface area contributed by atoms with Gasteiger partial charge in [-0.2, -0.15) is 0 Å². The van der Waals surface area contributed by atoms with Gasteiger partial charge in [-0.25, -0.2) is 18.1 Å². The third-order valence-corrected chi connectivity index (χ3v) is 4.53. The highest BCUT2D eigenvalue weighted by molar-refractivity contribution is 7.89. The number of rotatable bonds is 4. The SMILES string of the molecule is Cc1ccc(S(=O)(=O)NCc2nccn2C)cc1C. The van der Waals surface area contributed by atoms with Crippen LogP contribution >= 0.6 is 0 Å². The minimum Gasteiger partial charge on any atom is -0.337 e. The van der Waals surface area contributed by atoms with Gasteiger partial charge in [0.15, 0.2) is 0 Å². The standard InChI is InChI=1S/C13H17N3O2S/c1-10-4-5-12(8-11(10)2)19(17,18)15-9-13-14-6-7-16(13)3/h4-8,15H,9H2,1-3H3. The van der Waals surface area contributed by atoms with E-state index in [1.165, 1.54) is 0 Å². The van der Waals surface area contributed by atoms with Crippen LogP contribution in [0.25, 0.3) is 0 Å². The zero-order chi connectivity index (χ0) is 14.0. The molecule has 2 aromatic rings. The Morgan fingerprint density at radius 2 is 2.00 bits per heavy atom. The summed E-state index contributed by atoms with van der Waals surface area (Å²) in [6.07, 6.45) is 3.42. The zero-order valence-electron chi connectivity index (χ0n) is 11.2. The lowest BCUT2D eigenvalue weighted by Gasteiger charge is -2.08. The van der Waals surface area contributed by atoms with Gasteiger partial charge in [-0.15, -0.1) is 0 Å². The number of nitrogens with one attached hydrogen (secondary N) is 1. The van der Waals surface area contributed by atoms with E-state index in [0.29, 0.717) is 5.82 Å². The van der Waals surface area contributed by atoms with Crippen molar-refractivity contribution in [2.24, 2.45) is 7.05 Å². The van der Waals surface area contributed by atoms with Crippen molar-refractivity contribution in [2.45, 2.75) is 25.3 Å². The van der Waals surface area contributed by atoms with E-state index in [4.69, 9.17) is 0 Å². The topological polar surface area (TPSA) is 64.0 Å².